The first kappa shape index (κ1) is 18.6. The molecule has 0 radical (unpaired) electrons. The maximum atomic E-state index is 12.2. The van der Waals surface area contributed by atoms with Crippen molar-refractivity contribution in [2.45, 2.75) is 27.2 Å². The summed E-state index contributed by atoms with van der Waals surface area (Å²) < 4.78 is 0. The van der Waals surface area contributed by atoms with Crippen molar-refractivity contribution in [2.24, 2.45) is 5.41 Å². The molecule has 0 unspecified atom stereocenters. The second-order valence-electron chi connectivity index (χ2n) is 7.18. The fourth-order valence-electron chi connectivity index (χ4n) is 2.53. The van der Waals surface area contributed by atoms with Crippen LogP contribution in [0.1, 0.15) is 47.9 Å². The van der Waals surface area contributed by atoms with E-state index >= 15 is 0 Å². The number of fused-ring (bicyclic) bond motifs is 1. The molecule has 0 fully saturated rings. The highest BCUT2D eigenvalue weighted by atomic mass is 16.2. The van der Waals surface area contributed by atoms with Crippen LogP contribution in [0.15, 0.2) is 24.3 Å². The number of carbonyl (C=O) groups is 4. The minimum absolute atomic E-state index is 0.0814. The summed E-state index contributed by atoms with van der Waals surface area (Å²) in [6.07, 6.45) is 0.399. The highest BCUT2D eigenvalue weighted by molar-refractivity contribution is 6.22. The Morgan fingerprint density at radius 2 is 1.40 bits per heavy atom. The van der Waals surface area contributed by atoms with Crippen LogP contribution in [0.3, 0.4) is 0 Å². The number of nitrogens with zero attached hydrogens (tertiary/aromatic N) is 1. The molecule has 0 spiro atoms. The lowest BCUT2D eigenvalue weighted by Crippen LogP contribution is -2.42. The molecule has 0 atom stereocenters. The molecular weight excluding hydrogens is 322 g/mol. The smallest absolute Gasteiger partial charge is 0.262 e. The van der Waals surface area contributed by atoms with E-state index in [1.54, 1.807) is 24.3 Å². The molecule has 0 aromatic heterocycles. The van der Waals surface area contributed by atoms with E-state index in [1.807, 2.05) is 20.8 Å². The molecule has 0 bridgehead atoms. The lowest BCUT2D eigenvalue weighted by atomic mass is 9.92. The van der Waals surface area contributed by atoms with Crippen LogP contribution < -0.4 is 10.6 Å². The summed E-state index contributed by atoms with van der Waals surface area (Å²) in [4.78, 5) is 48.9. The Morgan fingerprint density at radius 1 is 0.920 bits per heavy atom. The number of carbonyl (C=O) groups excluding carboxylic acids is 4. The van der Waals surface area contributed by atoms with Crippen LogP contribution in [0.2, 0.25) is 0 Å². The zero-order valence-electron chi connectivity index (χ0n) is 14.7. The van der Waals surface area contributed by atoms with E-state index in [1.165, 1.54) is 0 Å². The van der Waals surface area contributed by atoms with E-state index in [4.69, 9.17) is 0 Å². The normalized spacial score (nSPS) is 13.6. The molecule has 25 heavy (non-hydrogen) atoms. The topological polar surface area (TPSA) is 95.6 Å². The summed E-state index contributed by atoms with van der Waals surface area (Å²) in [6, 6.07) is 6.48. The van der Waals surface area contributed by atoms with Crippen LogP contribution in [0.25, 0.3) is 0 Å². The third-order valence-electron chi connectivity index (χ3n) is 3.64. The minimum atomic E-state index is -0.464. The highest BCUT2D eigenvalue weighted by Gasteiger charge is 2.36. The van der Waals surface area contributed by atoms with Crippen molar-refractivity contribution in [3.05, 3.63) is 35.4 Å². The molecule has 7 heteroatoms. The molecule has 1 heterocycles. The first-order valence-electron chi connectivity index (χ1n) is 8.18. The molecule has 134 valence electrons. The van der Waals surface area contributed by atoms with E-state index in [0.29, 0.717) is 24.1 Å². The molecule has 1 aromatic rings. The fourth-order valence-corrected chi connectivity index (χ4v) is 2.53. The van der Waals surface area contributed by atoms with E-state index in [2.05, 4.69) is 10.6 Å². The molecular formula is C18H23N3O4. The van der Waals surface area contributed by atoms with E-state index in [-0.39, 0.29) is 24.4 Å². The Kier molecular flexibility index (Phi) is 5.56. The second kappa shape index (κ2) is 7.46. The monoisotopic (exact) mass is 345 g/mol. The Hall–Kier alpha value is -2.70. The Morgan fingerprint density at radius 3 is 1.88 bits per heavy atom. The number of benzene rings is 1. The van der Waals surface area contributed by atoms with Crippen LogP contribution in [0, 0.1) is 5.41 Å². The van der Waals surface area contributed by atoms with Gasteiger partial charge in [0.05, 0.1) is 11.1 Å². The minimum Gasteiger partial charge on any atom is -0.354 e. The van der Waals surface area contributed by atoms with Crippen molar-refractivity contribution in [1.82, 2.24) is 15.5 Å². The Labute approximate surface area is 146 Å². The summed E-state index contributed by atoms with van der Waals surface area (Å²) >= 11 is 0. The maximum absolute atomic E-state index is 12.2. The quantitative estimate of drug-likeness (QED) is 0.593. The molecule has 1 aliphatic rings. The third kappa shape index (κ3) is 4.89. The first-order chi connectivity index (χ1) is 11.7. The number of amides is 4. The fraction of sp³-hybridized carbons (Fsp3) is 0.444. The molecule has 1 aliphatic heterocycles. The molecule has 0 saturated heterocycles. The van der Waals surface area contributed by atoms with E-state index in [0.717, 1.165) is 4.90 Å². The van der Waals surface area contributed by atoms with Crippen molar-refractivity contribution in [3.8, 4) is 0 Å². The Balaban J connectivity index is 1.76. The molecule has 0 aliphatic carbocycles. The SMILES string of the molecule is CC(C)(C)CC(=O)NCCNC(=O)CN1C(=O)c2ccccc2C1=O. The van der Waals surface area contributed by atoms with E-state index in [9.17, 15) is 19.2 Å². The zero-order valence-corrected chi connectivity index (χ0v) is 14.7. The van der Waals surface area contributed by atoms with Crippen molar-refractivity contribution in [2.75, 3.05) is 19.6 Å². The van der Waals surface area contributed by atoms with Crippen LogP contribution in [-0.4, -0.2) is 48.2 Å². The average Bonchev–Trinajstić information content (AvgIpc) is 2.75. The predicted molar refractivity (Wildman–Crippen MR) is 91.9 cm³/mol. The van der Waals surface area contributed by atoms with Gasteiger partial charge in [-0.1, -0.05) is 32.9 Å². The molecule has 2 N–H and O–H groups in total. The Bertz CT molecular complexity index is 672. The van der Waals surface area contributed by atoms with Gasteiger partial charge in [-0.05, 0) is 17.5 Å². The standard InChI is InChI=1S/C18H23N3O4/c1-18(2,3)10-14(22)19-8-9-20-15(23)11-21-16(24)12-6-4-5-7-13(12)17(21)25/h4-7H,8-11H2,1-3H3,(H,19,22)(H,20,23). The third-order valence-corrected chi connectivity index (χ3v) is 3.64. The largest absolute Gasteiger partial charge is 0.354 e. The molecule has 4 amide bonds. The number of nitrogens with one attached hydrogen (secondary N) is 2. The van der Waals surface area contributed by atoms with Crippen LogP contribution >= 0.6 is 0 Å². The number of imide groups is 1. The zero-order chi connectivity index (χ0) is 18.6. The van der Waals surface area contributed by atoms with Crippen molar-refractivity contribution >= 4 is 23.6 Å². The van der Waals surface area contributed by atoms with Gasteiger partial charge >= 0.3 is 0 Å². The maximum Gasteiger partial charge on any atom is 0.262 e. The van der Waals surface area contributed by atoms with Gasteiger partial charge in [-0.15, -0.1) is 0 Å². The first-order valence-corrected chi connectivity index (χ1v) is 8.18. The molecule has 7 nitrogen and oxygen atoms in total. The summed E-state index contributed by atoms with van der Waals surface area (Å²) in [5, 5.41) is 5.31. The van der Waals surface area contributed by atoms with Gasteiger partial charge in [0.25, 0.3) is 11.8 Å². The van der Waals surface area contributed by atoms with Gasteiger partial charge in [0.2, 0.25) is 11.8 Å². The number of hydrogen-bond donors (Lipinski definition) is 2. The number of rotatable bonds is 6. The van der Waals surface area contributed by atoms with Gasteiger partial charge in [0.1, 0.15) is 6.54 Å². The summed E-state index contributed by atoms with van der Waals surface area (Å²) in [5.74, 6) is -1.45. The van der Waals surface area contributed by atoms with Crippen LogP contribution in [-0.2, 0) is 9.59 Å². The second-order valence-corrected chi connectivity index (χ2v) is 7.18. The lowest BCUT2D eigenvalue weighted by Gasteiger charge is -2.17. The van der Waals surface area contributed by atoms with Crippen molar-refractivity contribution in [1.29, 1.82) is 0 Å². The average molecular weight is 345 g/mol. The number of hydrogen-bond acceptors (Lipinski definition) is 4. The van der Waals surface area contributed by atoms with Gasteiger partial charge in [-0.25, -0.2) is 0 Å². The lowest BCUT2D eigenvalue weighted by molar-refractivity contribution is -0.124. The van der Waals surface area contributed by atoms with Gasteiger partial charge in [-0.2, -0.15) is 0 Å². The van der Waals surface area contributed by atoms with Gasteiger partial charge in [0.15, 0.2) is 0 Å². The molecule has 1 aromatic carbocycles. The summed E-state index contributed by atoms with van der Waals surface area (Å²) in [7, 11) is 0. The van der Waals surface area contributed by atoms with Gasteiger partial charge < -0.3 is 10.6 Å². The van der Waals surface area contributed by atoms with E-state index < -0.39 is 17.7 Å². The highest BCUT2D eigenvalue weighted by Crippen LogP contribution is 2.21. The summed E-state index contributed by atoms with van der Waals surface area (Å²) in [5.41, 5.74) is 0.531. The van der Waals surface area contributed by atoms with Gasteiger partial charge in [0, 0.05) is 19.5 Å². The summed E-state index contributed by atoms with van der Waals surface area (Å²) in [6.45, 7) is 6.10. The predicted octanol–water partition coefficient (Wildman–Crippen LogP) is 0.951. The van der Waals surface area contributed by atoms with Gasteiger partial charge in [-0.3, -0.25) is 24.1 Å². The van der Waals surface area contributed by atoms with Crippen molar-refractivity contribution in [3.63, 3.8) is 0 Å². The van der Waals surface area contributed by atoms with Crippen molar-refractivity contribution < 1.29 is 19.2 Å². The van der Waals surface area contributed by atoms with Crippen LogP contribution in [0.5, 0.6) is 0 Å². The van der Waals surface area contributed by atoms with Crippen LogP contribution in [0.4, 0.5) is 0 Å². The molecule has 0 saturated carbocycles. The molecule has 2 rings (SSSR count).